The predicted molar refractivity (Wildman–Crippen MR) is 246 cm³/mol. The maximum atomic E-state index is 5.23. The summed E-state index contributed by atoms with van der Waals surface area (Å²) >= 11 is 0. The summed E-state index contributed by atoms with van der Waals surface area (Å²) in [6, 6.07) is 72.4. The predicted octanol–water partition coefficient (Wildman–Crippen LogP) is 12.8. The zero-order valence-corrected chi connectivity index (χ0v) is 32.8. The lowest BCUT2D eigenvalue weighted by Crippen LogP contribution is -2.03. The van der Waals surface area contributed by atoms with E-state index in [0.29, 0.717) is 34.9 Å². The standard InChI is InChI=1S/C54H35N7/c1-6-18-36(19-7-1)49-55-50(37-20-8-2-9-21-37)58-53(57-49)41-30-32-43(40-31-33-48-45(34-40)44-28-16-17-29-47(44)61(48)42-26-14-5-15-27-42)46(35-41)54-59-51(38-22-10-3-11-23-38)56-52(60-54)39-24-12-4-13-25-39/h1-35H. The van der Waals surface area contributed by atoms with E-state index in [4.69, 9.17) is 29.9 Å². The van der Waals surface area contributed by atoms with Crippen LogP contribution in [0.1, 0.15) is 0 Å². The third-order valence-electron chi connectivity index (χ3n) is 10.9. The van der Waals surface area contributed by atoms with E-state index >= 15 is 0 Å². The lowest BCUT2D eigenvalue weighted by Gasteiger charge is -2.15. The van der Waals surface area contributed by atoms with E-state index in [9.17, 15) is 0 Å². The molecule has 0 saturated heterocycles. The SMILES string of the molecule is c1ccc(-c2nc(-c3ccccc3)nc(-c3ccc(-c4ccc5c(c4)c4ccccc4n5-c4ccccc4)c(-c4nc(-c5ccccc5)nc(-c5ccccc5)n4)c3)n2)cc1. The highest BCUT2D eigenvalue weighted by atomic mass is 15.0. The van der Waals surface area contributed by atoms with Crippen molar-refractivity contribution in [2.24, 2.45) is 0 Å². The van der Waals surface area contributed by atoms with E-state index in [1.807, 2.05) is 121 Å². The second-order valence-electron chi connectivity index (χ2n) is 14.8. The lowest BCUT2D eigenvalue weighted by molar-refractivity contribution is 1.07. The zero-order valence-electron chi connectivity index (χ0n) is 32.8. The van der Waals surface area contributed by atoms with Crippen LogP contribution < -0.4 is 0 Å². The van der Waals surface area contributed by atoms with Crippen LogP contribution in [0.4, 0.5) is 0 Å². The van der Waals surface area contributed by atoms with Gasteiger partial charge in [-0.1, -0.05) is 176 Å². The Morgan fingerprint density at radius 1 is 0.246 bits per heavy atom. The molecule has 7 nitrogen and oxygen atoms in total. The molecule has 0 atom stereocenters. The second kappa shape index (κ2) is 15.4. The van der Waals surface area contributed by atoms with Crippen molar-refractivity contribution in [3.63, 3.8) is 0 Å². The van der Waals surface area contributed by atoms with Gasteiger partial charge in [-0.25, -0.2) is 29.9 Å². The molecular formula is C54H35N7. The monoisotopic (exact) mass is 781 g/mol. The van der Waals surface area contributed by atoms with Crippen molar-refractivity contribution >= 4 is 21.8 Å². The molecule has 0 amide bonds. The normalized spacial score (nSPS) is 11.3. The van der Waals surface area contributed by atoms with Crippen molar-refractivity contribution in [3.8, 4) is 85.1 Å². The Kier molecular flexibility index (Phi) is 9.02. The Hall–Kier alpha value is -8.42. The maximum absolute atomic E-state index is 5.23. The number of rotatable bonds is 8. The first-order chi connectivity index (χ1) is 30.2. The van der Waals surface area contributed by atoms with Crippen LogP contribution in [0.5, 0.6) is 0 Å². The van der Waals surface area contributed by atoms with Gasteiger partial charge in [-0.2, -0.15) is 0 Å². The van der Waals surface area contributed by atoms with Crippen LogP contribution in [0, 0.1) is 0 Å². The number of hydrogen-bond acceptors (Lipinski definition) is 6. The Morgan fingerprint density at radius 2 is 0.639 bits per heavy atom. The van der Waals surface area contributed by atoms with Crippen LogP contribution in [0.2, 0.25) is 0 Å². The minimum Gasteiger partial charge on any atom is -0.309 e. The summed E-state index contributed by atoms with van der Waals surface area (Å²) < 4.78 is 2.33. The molecular weight excluding hydrogens is 747 g/mol. The topological polar surface area (TPSA) is 82.3 Å². The maximum Gasteiger partial charge on any atom is 0.164 e. The summed E-state index contributed by atoms with van der Waals surface area (Å²) in [4.78, 5) is 30.6. The summed E-state index contributed by atoms with van der Waals surface area (Å²) in [6.07, 6.45) is 0. The molecule has 3 aromatic heterocycles. The molecule has 7 heteroatoms. The molecule has 0 radical (unpaired) electrons. The highest BCUT2D eigenvalue weighted by molar-refractivity contribution is 6.10. The van der Waals surface area contributed by atoms with Gasteiger partial charge >= 0.3 is 0 Å². The van der Waals surface area contributed by atoms with Gasteiger partial charge in [-0.05, 0) is 47.5 Å². The van der Waals surface area contributed by atoms with Crippen molar-refractivity contribution < 1.29 is 0 Å². The third-order valence-corrected chi connectivity index (χ3v) is 10.9. The molecule has 0 aliphatic carbocycles. The van der Waals surface area contributed by atoms with Crippen molar-refractivity contribution in [1.82, 2.24) is 34.5 Å². The molecule has 8 aromatic carbocycles. The average molecular weight is 782 g/mol. The van der Waals surface area contributed by atoms with Crippen LogP contribution in [0.25, 0.3) is 107 Å². The molecule has 3 heterocycles. The van der Waals surface area contributed by atoms with Gasteiger partial charge in [0.2, 0.25) is 0 Å². The first-order valence-electron chi connectivity index (χ1n) is 20.2. The average Bonchev–Trinajstić information content (AvgIpc) is 3.68. The van der Waals surface area contributed by atoms with Gasteiger partial charge in [-0.3, -0.25) is 0 Å². The van der Waals surface area contributed by atoms with Crippen LogP contribution in [0.3, 0.4) is 0 Å². The molecule has 0 saturated carbocycles. The van der Waals surface area contributed by atoms with E-state index < -0.39 is 0 Å². The lowest BCUT2D eigenvalue weighted by atomic mass is 9.95. The van der Waals surface area contributed by atoms with Crippen LogP contribution in [-0.2, 0) is 0 Å². The van der Waals surface area contributed by atoms with Gasteiger partial charge < -0.3 is 4.57 Å². The number of nitrogens with zero attached hydrogens (tertiary/aromatic N) is 7. The molecule has 0 N–H and O–H groups in total. The smallest absolute Gasteiger partial charge is 0.164 e. The first kappa shape index (κ1) is 35.7. The molecule has 0 spiro atoms. The van der Waals surface area contributed by atoms with Gasteiger partial charge in [0.25, 0.3) is 0 Å². The Morgan fingerprint density at radius 3 is 1.15 bits per heavy atom. The minimum absolute atomic E-state index is 0.539. The number of aromatic nitrogens is 7. The fourth-order valence-electron chi connectivity index (χ4n) is 7.98. The second-order valence-corrected chi connectivity index (χ2v) is 14.8. The van der Waals surface area contributed by atoms with Gasteiger partial charge in [0.05, 0.1) is 11.0 Å². The highest BCUT2D eigenvalue weighted by Crippen LogP contribution is 2.40. The van der Waals surface area contributed by atoms with Gasteiger partial charge in [0, 0.05) is 49.8 Å². The minimum atomic E-state index is 0.539. The summed E-state index contributed by atoms with van der Waals surface area (Å²) in [5.41, 5.74) is 10.6. The summed E-state index contributed by atoms with van der Waals surface area (Å²) in [6.45, 7) is 0. The molecule has 0 unspecified atom stereocenters. The Balaban J connectivity index is 1.17. The number of fused-ring (bicyclic) bond motifs is 3. The molecule has 0 bridgehead atoms. The van der Waals surface area contributed by atoms with E-state index in [0.717, 1.165) is 66.6 Å². The van der Waals surface area contributed by atoms with E-state index in [1.54, 1.807) is 0 Å². The van der Waals surface area contributed by atoms with Gasteiger partial charge in [0.1, 0.15) is 0 Å². The van der Waals surface area contributed by atoms with E-state index in [2.05, 4.69) is 95.6 Å². The Bertz CT molecular complexity index is 3220. The molecule has 286 valence electrons. The van der Waals surface area contributed by atoms with Crippen molar-refractivity contribution in [1.29, 1.82) is 0 Å². The molecule has 0 fully saturated rings. The Labute approximate surface area is 352 Å². The van der Waals surface area contributed by atoms with E-state index in [1.165, 1.54) is 5.39 Å². The summed E-state index contributed by atoms with van der Waals surface area (Å²) in [5, 5.41) is 2.32. The van der Waals surface area contributed by atoms with Crippen LogP contribution >= 0.6 is 0 Å². The van der Waals surface area contributed by atoms with Crippen molar-refractivity contribution in [3.05, 3.63) is 212 Å². The molecule has 11 rings (SSSR count). The van der Waals surface area contributed by atoms with Crippen LogP contribution in [-0.4, -0.2) is 34.5 Å². The molecule has 0 aliphatic rings. The highest BCUT2D eigenvalue weighted by Gasteiger charge is 2.21. The van der Waals surface area contributed by atoms with Crippen LogP contribution in [0.15, 0.2) is 212 Å². The number of para-hydroxylation sites is 2. The van der Waals surface area contributed by atoms with Crippen molar-refractivity contribution in [2.45, 2.75) is 0 Å². The van der Waals surface area contributed by atoms with Gasteiger partial charge in [-0.15, -0.1) is 0 Å². The number of benzene rings is 8. The summed E-state index contributed by atoms with van der Waals surface area (Å²) in [7, 11) is 0. The first-order valence-corrected chi connectivity index (χ1v) is 20.2. The zero-order chi connectivity index (χ0) is 40.5. The molecule has 11 aromatic rings. The third kappa shape index (κ3) is 6.80. The quantitative estimate of drug-likeness (QED) is 0.153. The van der Waals surface area contributed by atoms with Gasteiger partial charge in [0.15, 0.2) is 34.9 Å². The van der Waals surface area contributed by atoms with Crippen molar-refractivity contribution in [2.75, 3.05) is 0 Å². The fourth-order valence-corrected chi connectivity index (χ4v) is 7.98. The summed E-state index contributed by atoms with van der Waals surface area (Å²) in [5.74, 6) is 3.43. The van der Waals surface area contributed by atoms with E-state index in [-0.39, 0.29) is 0 Å². The molecule has 61 heavy (non-hydrogen) atoms. The fraction of sp³-hybridized carbons (Fsp3) is 0. The molecule has 0 aliphatic heterocycles. The number of hydrogen-bond donors (Lipinski definition) is 0. The largest absolute Gasteiger partial charge is 0.309 e.